The summed E-state index contributed by atoms with van der Waals surface area (Å²) in [4.78, 5) is 0. The van der Waals surface area contributed by atoms with Gasteiger partial charge in [-0.3, -0.25) is 0 Å². The van der Waals surface area contributed by atoms with Gasteiger partial charge in [0.15, 0.2) is 5.14 Å². The summed E-state index contributed by atoms with van der Waals surface area (Å²) in [5.74, 6) is 0. The molecule has 0 spiro atoms. The molecule has 0 saturated carbocycles. The van der Waals surface area contributed by atoms with Gasteiger partial charge in [0.05, 0.1) is 0 Å². The second-order valence-corrected chi connectivity index (χ2v) is 1.77. The average molecular weight is 168 g/mol. The maximum Gasteiger partial charge on any atom is 0.199 e. The lowest BCUT2D eigenvalue weighted by Crippen LogP contribution is -1.59. The Hall–Kier alpha value is 0.795. The van der Waals surface area contributed by atoms with Gasteiger partial charge in [0.25, 0.3) is 0 Å². The van der Waals surface area contributed by atoms with Gasteiger partial charge in [-0.05, 0) is 0 Å². The van der Waals surface area contributed by atoms with Crippen LogP contribution >= 0.6 is 22.4 Å². The Morgan fingerprint density at radius 3 is 2.25 bits per heavy atom. The monoisotopic (exact) mass is 168 g/mol. The lowest BCUT2D eigenvalue weighted by Gasteiger charge is -1.61. The Bertz CT molecular complexity index is 8.00. The minimum absolute atomic E-state index is 1.29. The van der Waals surface area contributed by atoms with E-state index in [1.54, 1.807) is 0 Å². The van der Waals surface area contributed by atoms with Crippen LogP contribution in [-0.4, -0.2) is 5.14 Å². The van der Waals surface area contributed by atoms with Gasteiger partial charge in [-0.1, -0.05) is 13.2 Å². The number of rotatable bonds is 1. The topological polar surface area (TPSA) is 0 Å². The molecule has 0 aliphatic carbocycles. The van der Waals surface area contributed by atoms with Gasteiger partial charge < -0.3 is 0 Å². The summed E-state index contributed by atoms with van der Waals surface area (Å²) in [6, 6.07) is 0. The zero-order valence-corrected chi connectivity index (χ0v) is 4.95. The molecule has 0 radical (unpaired) electrons. The third kappa shape index (κ3) is 2.79. The normalized spacial score (nSPS) is 6.50. The number of hydrogen-bond donors (Lipinski definition) is 0. The molecule has 0 fully saturated rings. The maximum absolute atomic E-state index is 2.35. The Morgan fingerprint density at radius 2 is 2.25 bits per heavy atom. The van der Waals surface area contributed by atoms with Gasteiger partial charge in [-0.25, -0.2) is 0 Å². The molecule has 0 heterocycles. The van der Waals surface area contributed by atoms with Crippen LogP contribution in [0.3, 0.4) is 0 Å². The second-order valence-electron chi connectivity index (χ2n) is 0.689. The first kappa shape index (κ1) is 4.79. The molecule has 0 unspecified atom stereocenters. The zero-order chi connectivity index (χ0) is 3.41. The Morgan fingerprint density at radius 1 is 2.00 bits per heavy atom. The van der Waals surface area contributed by atoms with E-state index in [0.717, 1.165) is 0 Å². The van der Waals surface area contributed by atoms with Crippen LogP contribution in [0, 0.1) is 0 Å². The van der Waals surface area contributed by atoms with Gasteiger partial charge in [-0.15, -0.1) is 0 Å². The van der Waals surface area contributed by atoms with Crippen LogP contribution in [0.1, 0.15) is 6.92 Å². The molecule has 0 saturated heterocycles. The van der Waals surface area contributed by atoms with E-state index in [2.05, 4.69) is 29.3 Å². The van der Waals surface area contributed by atoms with Gasteiger partial charge in [0.2, 0.25) is 0 Å². The molecule has 0 aliphatic rings. The molecule has 0 rings (SSSR count). The first-order valence-corrected chi connectivity index (χ1v) is 3.00. The average Bonchev–Trinajstić information content (AvgIpc) is 1.37. The predicted octanol–water partition coefficient (Wildman–Crippen LogP) is 1.21. The highest BCUT2D eigenvalue weighted by Crippen LogP contribution is 1.78. The summed E-state index contributed by atoms with van der Waals surface area (Å²) >= 11 is 2.35. The minimum Gasteiger partial charge on any atom is -0.155 e. The van der Waals surface area contributed by atoms with Crippen molar-refractivity contribution in [2.75, 3.05) is 0 Å². The lowest BCUT2D eigenvalue weighted by molar-refractivity contribution is 1.48. The van der Waals surface area contributed by atoms with E-state index in [1.165, 1.54) is 11.5 Å². The SMILES string of the molecule is CCBI. The molecule has 0 aromatic rings. The van der Waals surface area contributed by atoms with E-state index in [4.69, 9.17) is 0 Å². The Balaban J connectivity index is 1.97. The molecule has 0 N–H and O–H groups in total. The number of hydrogen-bond acceptors (Lipinski definition) is 0. The van der Waals surface area contributed by atoms with Crippen LogP contribution in [0.15, 0.2) is 0 Å². The van der Waals surface area contributed by atoms with Crippen molar-refractivity contribution >= 4 is 27.5 Å². The van der Waals surface area contributed by atoms with Crippen LogP contribution < -0.4 is 0 Å². The van der Waals surface area contributed by atoms with Crippen molar-refractivity contribution in [1.29, 1.82) is 0 Å². The van der Waals surface area contributed by atoms with Crippen LogP contribution in [-0.2, 0) is 0 Å². The predicted molar refractivity (Wildman–Crippen MR) is 31.6 cm³/mol. The molecule has 0 aromatic carbocycles. The summed E-state index contributed by atoms with van der Waals surface area (Å²) < 4.78 is 0. The largest absolute Gasteiger partial charge is 0.199 e. The van der Waals surface area contributed by atoms with Crippen molar-refractivity contribution in [2.45, 2.75) is 13.2 Å². The van der Waals surface area contributed by atoms with E-state index in [9.17, 15) is 0 Å². The second kappa shape index (κ2) is 3.79. The molecular weight excluding hydrogens is 162 g/mol. The summed E-state index contributed by atoms with van der Waals surface area (Å²) in [5.41, 5.74) is 0. The van der Waals surface area contributed by atoms with Crippen LogP contribution in [0.25, 0.3) is 0 Å². The highest BCUT2D eigenvalue weighted by Gasteiger charge is 1.64. The minimum atomic E-state index is 1.29. The molecule has 4 heavy (non-hydrogen) atoms. The molecule has 0 nitrogen and oxygen atoms in total. The fourth-order valence-electron chi connectivity index (χ4n) is 0. The van der Waals surface area contributed by atoms with E-state index in [1.807, 2.05) is 0 Å². The Labute approximate surface area is 41.1 Å². The standard InChI is InChI=1S/C2H6BI/c1-2-3-4/h3H,2H2,1H3. The van der Waals surface area contributed by atoms with Crippen molar-refractivity contribution in [3.8, 4) is 0 Å². The van der Waals surface area contributed by atoms with Crippen molar-refractivity contribution in [3.05, 3.63) is 0 Å². The van der Waals surface area contributed by atoms with Crippen LogP contribution in [0.4, 0.5) is 0 Å². The molecule has 0 amide bonds. The quantitative estimate of drug-likeness (QED) is 0.407. The zero-order valence-electron chi connectivity index (χ0n) is 2.79. The summed E-state index contributed by atoms with van der Waals surface area (Å²) in [7, 11) is 0. The third-order valence-corrected chi connectivity index (χ3v) is 1.27. The molecule has 2 heteroatoms. The fourth-order valence-corrected chi connectivity index (χ4v) is 0. The van der Waals surface area contributed by atoms with E-state index in [-0.39, 0.29) is 0 Å². The summed E-state index contributed by atoms with van der Waals surface area (Å²) in [6.45, 7) is 2.17. The van der Waals surface area contributed by atoms with Gasteiger partial charge >= 0.3 is 0 Å². The smallest absolute Gasteiger partial charge is 0.155 e. The summed E-state index contributed by atoms with van der Waals surface area (Å²) in [6.07, 6.45) is 1.31. The third-order valence-electron chi connectivity index (χ3n) is 0.189. The van der Waals surface area contributed by atoms with Crippen molar-refractivity contribution < 1.29 is 0 Å². The van der Waals surface area contributed by atoms with Gasteiger partial charge in [0.1, 0.15) is 0 Å². The highest BCUT2D eigenvalue weighted by atomic mass is 127. The first-order chi connectivity index (χ1) is 1.91. The van der Waals surface area contributed by atoms with E-state index in [0.29, 0.717) is 0 Å². The van der Waals surface area contributed by atoms with E-state index >= 15 is 0 Å². The molecular formula is C2H6BI. The lowest BCUT2D eigenvalue weighted by atomic mass is 10.1. The van der Waals surface area contributed by atoms with Gasteiger partial charge in [-0.2, -0.15) is 22.4 Å². The first-order valence-electron chi connectivity index (χ1n) is 1.47. The van der Waals surface area contributed by atoms with Crippen LogP contribution in [0.5, 0.6) is 0 Å². The summed E-state index contributed by atoms with van der Waals surface area (Å²) in [5, 5.41) is 1.29. The number of halogens is 1. The molecule has 0 aromatic heterocycles. The molecule has 24 valence electrons. The van der Waals surface area contributed by atoms with Crippen molar-refractivity contribution in [1.82, 2.24) is 0 Å². The molecule has 0 aliphatic heterocycles. The molecule has 0 bridgehead atoms. The van der Waals surface area contributed by atoms with Crippen LogP contribution in [0.2, 0.25) is 6.32 Å². The fraction of sp³-hybridized carbons (Fsp3) is 1.00. The molecule has 0 atom stereocenters. The van der Waals surface area contributed by atoms with Crippen molar-refractivity contribution in [2.24, 2.45) is 0 Å². The van der Waals surface area contributed by atoms with Gasteiger partial charge in [0, 0.05) is 0 Å². The van der Waals surface area contributed by atoms with Crippen molar-refractivity contribution in [3.63, 3.8) is 0 Å². The van der Waals surface area contributed by atoms with E-state index < -0.39 is 0 Å². The maximum atomic E-state index is 2.35. The Kier molecular flexibility index (Phi) is 4.55. The highest BCUT2D eigenvalue weighted by molar-refractivity contribution is 14.1.